The highest BCUT2D eigenvalue weighted by molar-refractivity contribution is 7.89. The summed E-state index contributed by atoms with van der Waals surface area (Å²) in [5, 5.41) is 2.18. The third kappa shape index (κ3) is 5.52. The fourth-order valence-corrected chi connectivity index (χ4v) is 4.97. The van der Waals surface area contributed by atoms with E-state index in [4.69, 9.17) is 21.1 Å². The number of amides is 1. The molecule has 0 spiro atoms. The number of methoxy groups -OCH3 is 1. The van der Waals surface area contributed by atoms with Gasteiger partial charge in [0.15, 0.2) is 0 Å². The fraction of sp³-hybridized carbons (Fsp3) is 0.350. The molecular formula is C20H20ClF3N2O5S. The van der Waals surface area contributed by atoms with Gasteiger partial charge in [-0.15, -0.1) is 0 Å². The Morgan fingerprint density at radius 1 is 1.19 bits per heavy atom. The maximum Gasteiger partial charge on any atom is 0.416 e. The summed E-state index contributed by atoms with van der Waals surface area (Å²) in [7, 11) is -2.54. The molecule has 12 heteroatoms. The van der Waals surface area contributed by atoms with Crippen molar-refractivity contribution in [2.75, 3.05) is 38.7 Å². The van der Waals surface area contributed by atoms with Gasteiger partial charge in [-0.2, -0.15) is 17.5 Å². The summed E-state index contributed by atoms with van der Waals surface area (Å²) in [5.41, 5.74) is -0.550. The number of carbonyl (C=O) groups is 1. The normalized spacial score (nSPS) is 15.4. The molecule has 0 bridgehead atoms. The average molecular weight is 493 g/mol. The van der Waals surface area contributed by atoms with Gasteiger partial charge < -0.3 is 14.8 Å². The topological polar surface area (TPSA) is 84.9 Å². The zero-order valence-electron chi connectivity index (χ0n) is 16.9. The highest BCUT2D eigenvalue weighted by Gasteiger charge is 2.31. The Hall–Kier alpha value is -2.34. The van der Waals surface area contributed by atoms with E-state index in [1.54, 1.807) is 0 Å². The second-order valence-electron chi connectivity index (χ2n) is 6.92. The Bertz CT molecular complexity index is 1100. The monoisotopic (exact) mass is 492 g/mol. The van der Waals surface area contributed by atoms with Gasteiger partial charge in [0.2, 0.25) is 15.9 Å². The zero-order chi connectivity index (χ0) is 23.5. The Kier molecular flexibility index (Phi) is 7.33. The molecule has 32 heavy (non-hydrogen) atoms. The third-order valence-corrected chi connectivity index (χ3v) is 6.98. The first kappa shape index (κ1) is 24.3. The van der Waals surface area contributed by atoms with E-state index >= 15 is 0 Å². The summed E-state index contributed by atoms with van der Waals surface area (Å²) in [6.45, 7) is 0.945. The Labute approximate surface area is 188 Å². The largest absolute Gasteiger partial charge is 0.495 e. The number of carbonyl (C=O) groups excluding carboxylic acids is 1. The summed E-state index contributed by atoms with van der Waals surface area (Å²) in [4.78, 5) is 12.3. The van der Waals surface area contributed by atoms with Gasteiger partial charge in [0, 0.05) is 13.1 Å². The van der Waals surface area contributed by atoms with Crippen molar-refractivity contribution in [1.29, 1.82) is 0 Å². The molecule has 3 rings (SSSR count). The molecule has 7 nitrogen and oxygen atoms in total. The molecule has 0 radical (unpaired) electrons. The standard InChI is InChI=1S/C20H20ClF3N2O5S/c1-30-17-5-2-13(10-18(17)32(28,29)26-6-8-31-9-7-26)11-19(27)25-16-4-3-14(12-15(16)21)20(22,23)24/h2-5,10,12H,6-9,11H2,1H3,(H,25,27). The maximum atomic E-state index is 13.0. The van der Waals surface area contributed by atoms with Gasteiger partial charge in [-0.1, -0.05) is 17.7 Å². The van der Waals surface area contributed by atoms with E-state index in [1.165, 1.54) is 29.6 Å². The minimum atomic E-state index is -4.56. The lowest BCUT2D eigenvalue weighted by Crippen LogP contribution is -2.40. The Morgan fingerprint density at radius 2 is 1.88 bits per heavy atom. The van der Waals surface area contributed by atoms with Crippen LogP contribution in [0.4, 0.5) is 18.9 Å². The molecular weight excluding hydrogens is 473 g/mol. The third-order valence-electron chi connectivity index (χ3n) is 4.75. The number of sulfonamides is 1. The van der Waals surface area contributed by atoms with Crippen LogP contribution in [0.5, 0.6) is 5.75 Å². The van der Waals surface area contributed by atoms with E-state index in [0.717, 1.165) is 18.2 Å². The molecule has 1 aliphatic heterocycles. The number of halogens is 4. The van der Waals surface area contributed by atoms with Gasteiger partial charge in [-0.3, -0.25) is 4.79 Å². The predicted octanol–water partition coefficient (Wildman–Crippen LogP) is 3.57. The molecule has 0 unspecified atom stereocenters. The van der Waals surface area contributed by atoms with Crippen LogP contribution in [0, 0.1) is 0 Å². The maximum absolute atomic E-state index is 13.0. The molecule has 0 aliphatic carbocycles. The number of nitrogens with zero attached hydrogens (tertiary/aromatic N) is 1. The van der Waals surface area contributed by atoms with Crippen molar-refractivity contribution < 1.29 is 35.9 Å². The molecule has 0 atom stereocenters. The Morgan fingerprint density at radius 3 is 2.47 bits per heavy atom. The van der Waals surface area contributed by atoms with Crippen molar-refractivity contribution >= 4 is 33.2 Å². The van der Waals surface area contributed by atoms with Gasteiger partial charge in [-0.05, 0) is 35.9 Å². The van der Waals surface area contributed by atoms with Crippen LogP contribution in [-0.4, -0.2) is 52.0 Å². The zero-order valence-corrected chi connectivity index (χ0v) is 18.5. The van der Waals surface area contributed by atoms with E-state index in [2.05, 4.69) is 5.32 Å². The molecule has 1 amide bonds. The SMILES string of the molecule is COc1ccc(CC(=O)Nc2ccc(C(F)(F)F)cc2Cl)cc1S(=O)(=O)N1CCOCC1. The molecule has 2 aromatic rings. The van der Waals surface area contributed by atoms with E-state index in [0.29, 0.717) is 5.56 Å². The summed E-state index contributed by atoms with van der Waals surface area (Å²) in [5.74, 6) is -0.446. The molecule has 1 heterocycles. The van der Waals surface area contributed by atoms with Gasteiger partial charge in [0.05, 0.1) is 43.0 Å². The molecule has 1 aliphatic rings. The summed E-state index contributed by atoms with van der Waals surface area (Å²) in [6.07, 6.45) is -4.79. The molecule has 1 N–H and O–H groups in total. The van der Waals surface area contributed by atoms with Crippen LogP contribution in [-0.2, 0) is 32.2 Å². The Balaban J connectivity index is 1.79. The predicted molar refractivity (Wildman–Crippen MR) is 111 cm³/mol. The molecule has 174 valence electrons. The van der Waals surface area contributed by atoms with E-state index < -0.39 is 27.7 Å². The number of hydrogen-bond acceptors (Lipinski definition) is 5. The number of alkyl halides is 3. The first-order valence-corrected chi connectivity index (χ1v) is 11.3. The smallest absolute Gasteiger partial charge is 0.416 e. The summed E-state index contributed by atoms with van der Waals surface area (Å²) < 4.78 is 76.0. The van der Waals surface area contributed by atoms with E-state index in [9.17, 15) is 26.4 Å². The number of nitrogens with one attached hydrogen (secondary N) is 1. The van der Waals surface area contributed by atoms with Crippen molar-refractivity contribution in [3.05, 3.63) is 52.5 Å². The quantitative estimate of drug-likeness (QED) is 0.666. The van der Waals surface area contributed by atoms with Crippen molar-refractivity contribution in [3.8, 4) is 5.75 Å². The summed E-state index contributed by atoms with van der Waals surface area (Å²) in [6, 6.07) is 6.91. The molecule has 1 saturated heterocycles. The van der Waals surface area contributed by atoms with Gasteiger partial charge in [0.1, 0.15) is 10.6 Å². The average Bonchev–Trinajstić information content (AvgIpc) is 2.75. The second kappa shape index (κ2) is 9.65. The lowest BCUT2D eigenvalue weighted by molar-refractivity contribution is -0.137. The molecule has 0 aromatic heterocycles. The van der Waals surface area contributed by atoms with Crippen molar-refractivity contribution in [1.82, 2.24) is 4.31 Å². The highest BCUT2D eigenvalue weighted by Crippen LogP contribution is 2.34. The van der Waals surface area contributed by atoms with Crippen LogP contribution < -0.4 is 10.1 Å². The minimum Gasteiger partial charge on any atom is -0.495 e. The van der Waals surface area contributed by atoms with E-state index in [1.807, 2.05) is 0 Å². The first-order valence-electron chi connectivity index (χ1n) is 9.44. The number of hydrogen-bond donors (Lipinski definition) is 1. The van der Waals surface area contributed by atoms with Crippen molar-refractivity contribution in [2.24, 2.45) is 0 Å². The van der Waals surface area contributed by atoms with Crippen LogP contribution >= 0.6 is 11.6 Å². The number of morpholine rings is 1. The second-order valence-corrected chi connectivity index (χ2v) is 9.23. The van der Waals surface area contributed by atoms with Crippen LogP contribution in [0.1, 0.15) is 11.1 Å². The van der Waals surface area contributed by atoms with Crippen molar-refractivity contribution in [2.45, 2.75) is 17.5 Å². The minimum absolute atomic E-state index is 0.0133. The molecule has 2 aromatic carbocycles. The van der Waals surface area contributed by atoms with E-state index in [-0.39, 0.29) is 54.1 Å². The highest BCUT2D eigenvalue weighted by atomic mass is 35.5. The van der Waals surface area contributed by atoms with Crippen molar-refractivity contribution in [3.63, 3.8) is 0 Å². The summed E-state index contributed by atoms with van der Waals surface area (Å²) >= 11 is 5.87. The number of rotatable bonds is 6. The van der Waals surface area contributed by atoms with Crippen LogP contribution in [0.25, 0.3) is 0 Å². The van der Waals surface area contributed by atoms with Gasteiger partial charge in [0.25, 0.3) is 0 Å². The number of benzene rings is 2. The van der Waals surface area contributed by atoms with Crippen LogP contribution in [0.3, 0.4) is 0 Å². The lowest BCUT2D eigenvalue weighted by Gasteiger charge is -2.26. The van der Waals surface area contributed by atoms with Crippen LogP contribution in [0.15, 0.2) is 41.3 Å². The molecule has 0 saturated carbocycles. The van der Waals surface area contributed by atoms with Gasteiger partial charge >= 0.3 is 6.18 Å². The molecule has 1 fully saturated rings. The number of anilines is 1. The van der Waals surface area contributed by atoms with Gasteiger partial charge in [-0.25, -0.2) is 8.42 Å². The first-order chi connectivity index (χ1) is 15.0. The fourth-order valence-electron chi connectivity index (χ4n) is 3.13. The number of ether oxygens (including phenoxy) is 2. The van der Waals surface area contributed by atoms with Crippen LogP contribution in [0.2, 0.25) is 5.02 Å². The lowest BCUT2D eigenvalue weighted by atomic mass is 10.1.